The SMILES string of the molecule is Cc1cc(-c2cc(-c3cccc(C(=O)N4CCN(c5cnccn5)CC4)c3)ncn2)ccc1O. The summed E-state index contributed by atoms with van der Waals surface area (Å²) < 4.78 is 0. The molecular weight excluding hydrogens is 428 g/mol. The molecule has 170 valence electrons. The summed E-state index contributed by atoms with van der Waals surface area (Å²) in [4.78, 5) is 34.5. The fraction of sp³-hybridized carbons (Fsp3) is 0.192. The van der Waals surface area contributed by atoms with Crippen molar-refractivity contribution in [1.82, 2.24) is 24.8 Å². The molecule has 1 saturated heterocycles. The fourth-order valence-corrected chi connectivity index (χ4v) is 4.08. The van der Waals surface area contributed by atoms with Crippen LogP contribution < -0.4 is 4.90 Å². The third-order valence-corrected chi connectivity index (χ3v) is 6.01. The summed E-state index contributed by atoms with van der Waals surface area (Å²) in [5.74, 6) is 1.09. The first kappa shape index (κ1) is 21.5. The summed E-state index contributed by atoms with van der Waals surface area (Å²) in [5.41, 5.74) is 4.65. The van der Waals surface area contributed by atoms with Crippen LogP contribution in [0.3, 0.4) is 0 Å². The van der Waals surface area contributed by atoms with E-state index in [4.69, 9.17) is 0 Å². The van der Waals surface area contributed by atoms with Gasteiger partial charge in [0.1, 0.15) is 17.9 Å². The van der Waals surface area contributed by atoms with Crippen LogP contribution in [0.5, 0.6) is 5.75 Å². The van der Waals surface area contributed by atoms with Gasteiger partial charge in [0.15, 0.2) is 0 Å². The minimum absolute atomic E-state index is 0.00378. The number of amides is 1. The van der Waals surface area contributed by atoms with E-state index < -0.39 is 0 Å². The first-order valence-electron chi connectivity index (χ1n) is 11.1. The van der Waals surface area contributed by atoms with Crippen LogP contribution in [0.15, 0.2) is 73.4 Å². The third-order valence-electron chi connectivity index (χ3n) is 6.01. The average molecular weight is 453 g/mol. The number of aromatic nitrogens is 4. The van der Waals surface area contributed by atoms with Crippen LogP contribution in [-0.4, -0.2) is 62.0 Å². The number of carbonyl (C=O) groups is 1. The summed E-state index contributed by atoms with van der Waals surface area (Å²) in [6.45, 7) is 4.52. The lowest BCUT2D eigenvalue weighted by Gasteiger charge is -2.35. The molecule has 8 heteroatoms. The van der Waals surface area contributed by atoms with Gasteiger partial charge in [-0.15, -0.1) is 0 Å². The van der Waals surface area contributed by atoms with Gasteiger partial charge in [-0.2, -0.15) is 0 Å². The van der Waals surface area contributed by atoms with Gasteiger partial charge in [0.05, 0.1) is 17.6 Å². The topological polar surface area (TPSA) is 95.3 Å². The second-order valence-corrected chi connectivity index (χ2v) is 8.21. The molecule has 0 aliphatic carbocycles. The van der Waals surface area contributed by atoms with Crippen molar-refractivity contribution in [2.24, 2.45) is 0 Å². The molecule has 4 aromatic rings. The number of phenols is 1. The Hall–Kier alpha value is -4.33. The highest BCUT2D eigenvalue weighted by Crippen LogP contribution is 2.27. The maximum absolute atomic E-state index is 13.2. The highest BCUT2D eigenvalue weighted by Gasteiger charge is 2.23. The van der Waals surface area contributed by atoms with Crippen molar-refractivity contribution in [2.75, 3.05) is 31.1 Å². The van der Waals surface area contributed by atoms with Gasteiger partial charge in [-0.05, 0) is 48.9 Å². The Morgan fingerprint density at radius 1 is 0.882 bits per heavy atom. The smallest absolute Gasteiger partial charge is 0.253 e. The molecule has 8 nitrogen and oxygen atoms in total. The molecule has 0 bridgehead atoms. The standard InChI is InChI=1S/C26H24N6O2/c1-18-13-20(5-6-24(18)33)23-15-22(29-17-30-23)19-3-2-4-21(14-19)26(34)32-11-9-31(10-12-32)25-16-27-7-8-28-25/h2-8,13-17,33H,9-12H2,1H3. The predicted octanol–water partition coefficient (Wildman–Crippen LogP) is 3.58. The van der Waals surface area contributed by atoms with E-state index in [0.717, 1.165) is 33.9 Å². The summed E-state index contributed by atoms with van der Waals surface area (Å²) in [5, 5.41) is 9.81. The van der Waals surface area contributed by atoms with Crippen molar-refractivity contribution in [3.05, 3.63) is 84.6 Å². The zero-order chi connectivity index (χ0) is 23.5. The van der Waals surface area contributed by atoms with Crippen molar-refractivity contribution in [2.45, 2.75) is 6.92 Å². The summed E-state index contributed by atoms with van der Waals surface area (Å²) in [6, 6.07) is 14.8. The molecule has 3 heterocycles. The van der Waals surface area contributed by atoms with Crippen LogP contribution in [0.4, 0.5) is 5.82 Å². The minimum atomic E-state index is 0.00378. The molecule has 2 aromatic carbocycles. The highest BCUT2D eigenvalue weighted by atomic mass is 16.3. The van der Waals surface area contributed by atoms with E-state index in [1.165, 1.54) is 6.33 Å². The lowest BCUT2D eigenvalue weighted by molar-refractivity contribution is 0.0746. The minimum Gasteiger partial charge on any atom is -0.508 e. The molecule has 2 aromatic heterocycles. The van der Waals surface area contributed by atoms with Gasteiger partial charge in [0.2, 0.25) is 0 Å². The third kappa shape index (κ3) is 4.43. The van der Waals surface area contributed by atoms with E-state index in [1.807, 2.05) is 54.3 Å². The van der Waals surface area contributed by atoms with Gasteiger partial charge in [0, 0.05) is 55.3 Å². The Balaban J connectivity index is 1.33. The van der Waals surface area contributed by atoms with Crippen LogP contribution in [0.1, 0.15) is 15.9 Å². The quantitative estimate of drug-likeness (QED) is 0.506. The molecule has 0 atom stereocenters. The van der Waals surface area contributed by atoms with Gasteiger partial charge >= 0.3 is 0 Å². The monoisotopic (exact) mass is 452 g/mol. The van der Waals surface area contributed by atoms with Gasteiger partial charge < -0.3 is 14.9 Å². The van der Waals surface area contributed by atoms with Crippen LogP contribution in [0, 0.1) is 6.92 Å². The number of aromatic hydroxyl groups is 1. The van der Waals surface area contributed by atoms with E-state index in [1.54, 1.807) is 24.7 Å². The molecule has 0 unspecified atom stereocenters. The number of carbonyl (C=O) groups excluding carboxylic acids is 1. The number of aryl methyl sites for hydroxylation is 1. The van der Waals surface area contributed by atoms with Crippen LogP contribution in [0.25, 0.3) is 22.5 Å². The van der Waals surface area contributed by atoms with Crippen molar-refractivity contribution < 1.29 is 9.90 Å². The van der Waals surface area contributed by atoms with E-state index in [0.29, 0.717) is 31.7 Å². The maximum Gasteiger partial charge on any atom is 0.253 e. The highest BCUT2D eigenvalue weighted by molar-refractivity contribution is 5.95. The molecule has 1 fully saturated rings. The fourth-order valence-electron chi connectivity index (χ4n) is 4.08. The zero-order valence-corrected chi connectivity index (χ0v) is 18.8. The number of hydrogen-bond donors (Lipinski definition) is 1. The van der Waals surface area contributed by atoms with Crippen LogP contribution in [0.2, 0.25) is 0 Å². The van der Waals surface area contributed by atoms with Crippen molar-refractivity contribution in [3.8, 4) is 28.3 Å². The van der Waals surface area contributed by atoms with Gasteiger partial charge in [-0.3, -0.25) is 9.78 Å². The maximum atomic E-state index is 13.2. The van der Waals surface area contributed by atoms with Crippen LogP contribution in [-0.2, 0) is 0 Å². The van der Waals surface area contributed by atoms with Crippen molar-refractivity contribution >= 4 is 11.7 Å². The summed E-state index contributed by atoms with van der Waals surface area (Å²) >= 11 is 0. The Kier molecular flexibility index (Phi) is 5.86. The number of anilines is 1. The molecule has 0 spiro atoms. The Morgan fingerprint density at radius 2 is 1.65 bits per heavy atom. The van der Waals surface area contributed by atoms with E-state index in [2.05, 4.69) is 24.8 Å². The molecule has 5 rings (SSSR count). The van der Waals surface area contributed by atoms with E-state index >= 15 is 0 Å². The summed E-state index contributed by atoms with van der Waals surface area (Å²) in [7, 11) is 0. The molecular formula is C26H24N6O2. The number of rotatable bonds is 4. The Bertz CT molecular complexity index is 1320. The lowest BCUT2D eigenvalue weighted by Crippen LogP contribution is -2.49. The van der Waals surface area contributed by atoms with E-state index in [9.17, 15) is 9.90 Å². The Morgan fingerprint density at radius 3 is 2.35 bits per heavy atom. The normalized spacial score (nSPS) is 13.7. The van der Waals surface area contributed by atoms with Crippen molar-refractivity contribution in [3.63, 3.8) is 0 Å². The molecule has 0 saturated carbocycles. The Labute approximate surface area is 197 Å². The predicted molar refractivity (Wildman–Crippen MR) is 129 cm³/mol. The second-order valence-electron chi connectivity index (χ2n) is 8.21. The molecule has 1 amide bonds. The van der Waals surface area contributed by atoms with Crippen molar-refractivity contribution in [1.29, 1.82) is 0 Å². The number of hydrogen-bond acceptors (Lipinski definition) is 7. The summed E-state index contributed by atoms with van der Waals surface area (Å²) in [6.07, 6.45) is 6.60. The molecule has 1 N–H and O–H groups in total. The van der Waals surface area contributed by atoms with Gasteiger partial charge in [-0.1, -0.05) is 12.1 Å². The number of phenolic OH excluding ortho intramolecular Hbond substituents is 1. The second kappa shape index (κ2) is 9.27. The molecule has 0 radical (unpaired) electrons. The number of nitrogens with zero attached hydrogens (tertiary/aromatic N) is 6. The average Bonchev–Trinajstić information content (AvgIpc) is 2.90. The zero-order valence-electron chi connectivity index (χ0n) is 18.8. The van der Waals surface area contributed by atoms with Gasteiger partial charge in [0.25, 0.3) is 5.91 Å². The number of benzene rings is 2. The largest absolute Gasteiger partial charge is 0.508 e. The molecule has 1 aliphatic heterocycles. The first-order chi connectivity index (χ1) is 16.6. The lowest BCUT2D eigenvalue weighted by atomic mass is 10.0. The van der Waals surface area contributed by atoms with Crippen LogP contribution >= 0.6 is 0 Å². The van der Waals surface area contributed by atoms with E-state index in [-0.39, 0.29) is 11.7 Å². The molecule has 34 heavy (non-hydrogen) atoms. The van der Waals surface area contributed by atoms with Gasteiger partial charge in [-0.25, -0.2) is 15.0 Å². The number of piperazine rings is 1. The molecule has 1 aliphatic rings. The first-order valence-corrected chi connectivity index (χ1v) is 11.1.